The Balaban J connectivity index is 1.73. The number of aliphatic hydroxyl groups excluding tert-OH is 1. The number of hydrogen-bond acceptors (Lipinski definition) is 5. The first kappa shape index (κ1) is 16.1. The van der Waals surface area contributed by atoms with Crippen LogP contribution in [0.25, 0.3) is 0 Å². The molecule has 1 aliphatic carbocycles. The summed E-state index contributed by atoms with van der Waals surface area (Å²) in [6.45, 7) is 0. The van der Waals surface area contributed by atoms with Crippen molar-refractivity contribution in [1.29, 1.82) is 0 Å². The monoisotopic (exact) mass is 332 g/mol. The van der Waals surface area contributed by atoms with Crippen molar-refractivity contribution in [2.45, 2.75) is 30.7 Å². The highest BCUT2D eigenvalue weighted by Crippen LogP contribution is 2.37. The molecule has 1 amide bonds. The number of aromatic nitrogens is 1. The van der Waals surface area contributed by atoms with Gasteiger partial charge in [-0.25, -0.2) is 0 Å². The van der Waals surface area contributed by atoms with Gasteiger partial charge in [0, 0.05) is 6.20 Å². The van der Waals surface area contributed by atoms with E-state index >= 15 is 0 Å². The van der Waals surface area contributed by atoms with Crippen molar-refractivity contribution in [3.05, 3.63) is 53.7 Å². The second kappa shape index (κ2) is 7.19. The predicted octanol–water partition coefficient (Wildman–Crippen LogP) is 2.78. The lowest BCUT2D eigenvalue weighted by Gasteiger charge is -2.37. The van der Waals surface area contributed by atoms with Crippen LogP contribution in [0.5, 0.6) is 0 Å². The Morgan fingerprint density at radius 3 is 2.91 bits per heavy atom. The fourth-order valence-electron chi connectivity index (χ4n) is 2.83. The van der Waals surface area contributed by atoms with E-state index in [0.29, 0.717) is 18.6 Å². The number of amides is 1. The lowest BCUT2D eigenvalue weighted by Crippen LogP contribution is -2.41. The van der Waals surface area contributed by atoms with E-state index in [-0.39, 0.29) is 24.0 Å². The van der Waals surface area contributed by atoms with Crippen LogP contribution < -0.4 is 5.32 Å². The summed E-state index contributed by atoms with van der Waals surface area (Å²) in [5, 5.41) is 12.6. The highest BCUT2D eigenvalue weighted by molar-refractivity contribution is 7.97. The van der Waals surface area contributed by atoms with Crippen LogP contribution in [0.15, 0.2) is 40.9 Å². The highest BCUT2D eigenvalue weighted by Gasteiger charge is 2.36. The number of nitrogens with one attached hydrogen (secondary N) is 1. The summed E-state index contributed by atoms with van der Waals surface area (Å²) >= 11 is 1.65. The van der Waals surface area contributed by atoms with Crippen LogP contribution in [0.2, 0.25) is 0 Å². The van der Waals surface area contributed by atoms with E-state index in [1.54, 1.807) is 24.0 Å². The second-order valence-electron chi connectivity index (χ2n) is 5.79. The van der Waals surface area contributed by atoms with E-state index in [1.165, 1.54) is 0 Å². The molecule has 1 fully saturated rings. The third-order valence-corrected chi connectivity index (χ3v) is 4.66. The average Bonchev–Trinajstić information content (AvgIpc) is 3.00. The van der Waals surface area contributed by atoms with Crippen LogP contribution in [0.1, 0.15) is 40.9 Å². The van der Waals surface area contributed by atoms with Gasteiger partial charge in [0.05, 0.1) is 23.6 Å². The van der Waals surface area contributed by atoms with Gasteiger partial charge in [-0.15, -0.1) is 0 Å². The van der Waals surface area contributed by atoms with Crippen molar-refractivity contribution in [1.82, 2.24) is 10.3 Å². The van der Waals surface area contributed by atoms with Gasteiger partial charge in [0.25, 0.3) is 5.91 Å². The van der Waals surface area contributed by atoms with Crippen LogP contribution >= 0.6 is 11.8 Å². The maximum absolute atomic E-state index is 12.5. The number of thioether (sulfide) groups is 1. The fourth-order valence-corrected chi connectivity index (χ4v) is 3.27. The molecule has 0 spiro atoms. The summed E-state index contributed by atoms with van der Waals surface area (Å²) in [7, 11) is 0. The number of aliphatic hydroxyl groups is 1. The quantitative estimate of drug-likeness (QED) is 0.851. The molecule has 1 unspecified atom stereocenters. The molecular weight excluding hydrogens is 312 g/mol. The van der Waals surface area contributed by atoms with E-state index in [2.05, 4.69) is 10.3 Å². The van der Waals surface area contributed by atoms with Gasteiger partial charge in [0.1, 0.15) is 5.76 Å². The molecule has 6 heteroatoms. The molecular formula is C17H20N2O3S. The van der Waals surface area contributed by atoms with Crippen LogP contribution in [-0.4, -0.2) is 28.4 Å². The summed E-state index contributed by atoms with van der Waals surface area (Å²) in [6.07, 6.45) is 4.78. The molecule has 5 nitrogen and oxygen atoms in total. The van der Waals surface area contributed by atoms with Gasteiger partial charge >= 0.3 is 0 Å². The largest absolute Gasteiger partial charge is 0.455 e. The SMILES string of the molecule is CSCc1ccc(C(=O)NC(c2ccccn2)C2CC(O)C2)o1. The summed E-state index contributed by atoms with van der Waals surface area (Å²) in [5.41, 5.74) is 0.814. The van der Waals surface area contributed by atoms with E-state index in [0.717, 1.165) is 17.2 Å². The first-order valence-electron chi connectivity index (χ1n) is 7.65. The lowest BCUT2D eigenvalue weighted by molar-refractivity contribution is 0.0225. The van der Waals surface area contributed by atoms with Crippen molar-refractivity contribution in [3.8, 4) is 0 Å². The summed E-state index contributed by atoms with van der Waals surface area (Å²) in [5.74, 6) is 1.80. The molecule has 23 heavy (non-hydrogen) atoms. The third-order valence-electron chi connectivity index (χ3n) is 4.09. The first-order chi connectivity index (χ1) is 11.2. The van der Waals surface area contributed by atoms with Gasteiger partial charge < -0.3 is 14.8 Å². The number of pyridine rings is 1. The molecule has 2 N–H and O–H groups in total. The van der Waals surface area contributed by atoms with Gasteiger partial charge in [0.2, 0.25) is 0 Å². The van der Waals surface area contributed by atoms with Gasteiger partial charge in [-0.3, -0.25) is 9.78 Å². The first-order valence-corrected chi connectivity index (χ1v) is 9.04. The molecule has 0 saturated heterocycles. The van der Waals surface area contributed by atoms with Crippen molar-refractivity contribution in [3.63, 3.8) is 0 Å². The van der Waals surface area contributed by atoms with E-state index in [9.17, 15) is 9.90 Å². The Hall–Kier alpha value is -1.79. The molecule has 1 saturated carbocycles. The minimum atomic E-state index is -0.278. The molecule has 1 atom stereocenters. The van der Waals surface area contributed by atoms with Crippen molar-refractivity contribution in [2.75, 3.05) is 6.26 Å². The predicted molar refractivity (Wildman–Crippen MR) is 89.1 cm³/mol. The van der Waals surface area contributed by atoms with Crippen LogP contribution in [-0.2, 0) is 5.75 Å². The van der Waals surface area contributed by atoms with Crippen molar-refractivity contribution < 1.29 is 14.3 Å². The normalized spacial score (nSPS) is 21.5. The van der Waals surface area contributed by atoms with Crippen molar-refractivity contribution in [2.24, 2.45) is 5.92 Å². The summed E-state index contributed by atoms with van der Waals surface area (Å²) in [4.78, 5) is 16.8. The molecule has 0 bridgehead atoms. The Labute approximate surface area is 139 Å². The zero-order chi connectivity index (χ0) is 16.2. The number of hydrogen-bond donors (Lipinski definition) is 2. The standard InChI is InChI=1S/C17H20N2O3S/c1-23-10-13-5-6-15(22-13)17(21)19-16(11-8-12(20)9-11)14-4-2-3-7-18-14/h2-7,11-12,16,20H,8-10H2,1H3,(H,19,21). The van der Waals surface area contributed by atoms with Crippen molar-refractivity contribution >= 4 is 17.7 Å². The Bertz CT molecular complexity index is 653. The van der Waals surface area contributed by atoms with Crippen LogP contribution in [0.3, 0.4) is 0 Å². The van der Waals surface area contributed by atoms with E-state index < -0.39 is 0 Å². The molecule has 0 aromatic carbocycles. The van der Waals surface area contributed by atoms with Crippen LogP contribution in [0.4, 0.5) is 0 Å². The minimum absolute atomic E-state index is 0.199. The number of carbonyl (C=O) groups excluding carboxylic acids is 1. The number of carbonyl (C=O) groups is 1. The molecule has 0 radical (unpaired) electrons. The summed E-state index contributed by atoms with van der Waals surface area (Å²) in [6, 6.07) is 8.97. The Kier molecular flexibility index (Phi) is 5.03. The minimum Gasteiger partial charge on any atom is -0.455 e. The number of rotatable bonds is 6. The zero-order valence-electron chi connectivity index (χ0n) is 12.9. The second-order valence-corrected chi connectivity index (χ2v) is 6.66. The molecule has 2 heterocycles. The van der Waals surface area contributed by atoms with E-state index in [4.69, 9.17) is 4.42 Å². The Morgan fingerprint density at radius 1 is 1.43 bits per heavy atom. The highest BCUT2D eigenvalue weighted by atomic mass is 32.2. The molecule has 2 aromatic rings. The number of furan rings is 1. The van der Waals surface area contributed by atoms with E-state index in [1.807, 2.05) is 30.5 Å². The maximum atomic E-state index is 12.5. The fraction of sp³-hybridized carbons (Fsp3) is 0.412. The zero-order valence-corrected chi connectivity index (χ0v) is 13.8. The molecule has 2 aromatic heterocycles. The molecule has 3 rings (SSSR count). The van der Waals surface area contributed by atoms with Crippen LogP contribution in [0, 0.1) is 5.92 Å². The maximum Gasteiger partial charge on any atom is 0.287 e. The third kappa shape index (κ3) is 3.76. The van der Waals surface area contributed by atoms with Gasteiger partial charge in [-0.05, 0) is 49.3 Å². The molecule has 1 aliphatic rings. The average molecular weight is 332 g/mol. The molecule has 122 valence electrons. The number of nitrogens with zero attached hydrogens (tertiary/aromatic N) is 1. The van der Waals surface area contributed by atoms with Gasteiger partial charge in [-0.1, -0.05) is 6.07 Å². The smallest absolute Gasteiger partial charge is 0.287 e. The summed E-state index contributed by atoms with van der Waals surface area (Å²) < 4.78 is 5.57. The Morgan fingerprint density at radius 2 is 2.26 bits per heavy atom. The molecule has 0 aliphatic heterocycles. The van der Waals surface area contributed by atoms with Gasteiger partial charge in [0.15, 0.2) is 5.76 Å². The van der Waals surface area contributed by atoms with Gasteiger partial charge in [-0.2, -0.15) is 11.8 Å². The lowest BCUT2D eigenvalue weighted by atomic mass is 9.76. The topological polar surface area (TPSA) is 75.4 Å².